The third-order valence-electron chi connectivity index (χ3n) is 2.78. The number of rotatable bonds is 2. The van der Waals surface area contributed by atoms with Gasteiger partial charge in [0.1, 0.15) is 0 Å². The van der Waals surface area contributed by atoms with Crippen LogP contribution >= 0.6 is 0 Å². The molecule has 0 unspecified atom stereocenters. The Morgan fingerprint density at radius 2 is 1.80 bits per heavy atom. The lowest BCUT2D eigenvalue weighted by Gasteiger charge is -2.05. The number of nitrogens with one attached hydrogen (secondary N) is 1. The molecule has 1 aromatic carbocycles. The monoisotopic (exact) mass is 280 g/mol. The normalized spacial score (nSPS) is 12.0. The third-order valence-corrected chi connectivity index (χ3v) is 2.78. The first kappa shape index (κ1) is 14.0. The van der Waals surface area contributed by atoms with Crippen LogP contribution in [0.5, 0.6) is 0 Å². The molecule has 2 aromatic rings. The van der Waals surface area contributed by atoms with E-state index in [-0.39, 0.29) is 5.43 Å². The standard InChI is InChI=1S/C14H11F3N2O/c1-9-12(18-7-6-13(9)20)8-19-11-4-2-10(3-5-11)14(15,16)17/h2-8H,1H3,(H,18,20). The molecule has 1 N–H and O–H groups in total. The van der Waals surface area contributed by atoms with Crippen LogP contribution in [0.1, 0.15) is 16.8 Å². The zero-order chi connectivity index (χ0) is 14.8. The molecule has 6 heteroatoms. The van der Waals surface area contributed by atoms with Crippen molar-refractivity contribution in [1.29, 1.82) is 0 Å². The highest BCUT2D eigenvalue weighted by atomic mass is 19.4. The Bertz CT molecular complexity index is 685. The van der Waals surface area contributed by atoms with E-state index < -0.39 is 11.7 Å². The Morgan fingerprint density at radius 3 is 2.40 bits per heavy atom. The molecule has 0 saturated carbocycles. The summed E-state index contributed by atoms with van der Waals surface area (Å²) < 4.78 is 37.2. The Kier molecular flexibility index (Phi) is 3.74. The van der Waals surface area contributed by atoms with Gasteiger partial charge in [0.15, 0.2) is 5.43 Å². The summed E-state index contributed by atoms with van der Waals surface area (Å²) in [5, 5.41) is 0. The summed E-state index contributed by atoms with van der Waals surface area (Å²) >= 11 is 0. The van der Waals surface area contributed by atoms with Crippen molar-refractivity contribution in [2.75, 3.05) is 0 Å². The Hall–Kier alpha value is -2.37. The van der Waals surface area contributed by atoms with Gasteiger partial charge in [0.25, 0.3) is 0 Å². The number of benzene rings is 1. The number of aromatic nitrogens is 1. The molecule has 0 atom stereocenters. The smallest absolute Gasteiger partial charge is 0.360 e. The number of pyridine rings is 1. The minimum absolute atomic E-state index is 0.127. The highest BCUT2D eigenvalue weighted by Gasteiger charge is 2.29. The molecule has 3 nitrogen and oxygen atoms in total. The second kappa shape index (κ2) is 5.32. The number of H-pyrrole nitrogens is 1. The van der Waals surface area contributed by atoms with E-state index in [0.29, 0.717) is 16.9 Å². The predicted molar refractivity (Wildman–Crippen MR) is 70.5 cm³/mol. The van der Waals surface area contributed by atoms with Gasteiger partial charge in [0.2, 0.25) is 0 Å². The van der Waals surface area contributed by atoms with Crippen LogP contribution in [-0.4, -0.2) is 11.2 Å². The molecule has 0 fully saturated rings. The molecule has 0 amide bonds. The van der Waals surface area contributed by atoms with E-state index >= 15 is 0 Å². The van der Waals surface area contributed by atoms with Crippen molar-refractivity contribution >= 4 is 11.9 Å². The van der Waals surface area contributed by atoms with Crippen molar-refractivity contribution < 1.29 is 13.2 Å². The maximum absolute atomic E-state index is 12.4. The maximum Gasteiger partial charge on any atom is 0.416 e. The van der Waals surface area contributed by atoms with Crippen LogP contribution in [0.25, 0.3) is 0 Å². The van der Waals surface area contributed by atoms with Crippen LogP contribution < -0.4 is 5.43 Å². The highest BCUT2D eigenvalue weighted by Crippen LogP contribution is 2.30. The van der Waals surface area contributed by atoms with E-state index in [0.717, 1.165) is 12.1 Å². The van der Waals surface area contributed by atoms with Crippen molar-refractivity contribution in [2.24, 2.45) is 4.99 Å². The Balaban J connectivity index is 2.24. The first-order valence-electron chi connectivity index (χ1n) is 5.77. The Labute approximate surface area is 112 Å². The average Bonchev–Trinajstić information content (AvgIpc) is 2.40. The molecular weight excluding hydrogens is 269 g/mol. The number of halogens is 3. The van der Waals surface area contributed by atoms with E-state index in [1.807, 2.05) is 0 Å². The number of hydrogen-bond donors (Lipinski definition) is 1. The second-order valence-corrected chi connectivity index (χ2v) is 4.18. The summed E-state index contributed by atoms with van der Waals surface area (Å²) in [7, 11) is 0. The molecular formula is C14H11F3N2O. The van der Waals surface area contributed by atoms with Crippen molar-refractivity contribution in [1.82, 2.24) is 4.98 Å². The van der Waals surface area contributed by atoms with Gasteiger partial charge in [-0.05, 0) is 31.2 Å². The van der Waals surface area contributed by atoms with Gasteiger partial charge in [-0.3, -0.25) is 9.79 Å². The van der Waals surface area contributed by atoms with Crippen molar-refractivity contribution in [3.63, 3.8) is 0 Å². The fourth-order valence-electron chi connectivity index (χ4n) is 1.58. The molecule has 0 aliphatic rings. The van der Waals surface area contributed by atoms with Crippen LogP contribution in [0.3, 0.4) is 0 Å². The quantitative estimate of drug-likeness (QED) is 0.841. The van der Waals surface area contributed by atoms with E-state index in [4.69, 9.17) is 0 Å². The predicted octanol–water partition coefficient (Wildman–Crippen LogP) is 3.45. The number of alkyl halides is 3. The van der Waals surface area contributed by atoms with Crippen LogP contribution in [0.15, 0.2) is 46.3 Å². The van der Waals surface area contributed by atoms with Crippen molar-refractivity contribution in [2.45, 2.75) is 13.1 Å². The molecule has 0 bridgehead atoms. The van der Waals surface area contributed by atoms with Gasteiger partial charge >= 0.3 is 6.18 Å². The van der Waals surface area contributed by atoms with Crippen LogP contribution in [-0.2, 0) is 6.18 Å². The largest absolute Gasteiger partial charge is 0.416 e. The number of aliphatic imine (C=N–C) groups is 1. The maximum atomic E-state index is 12.4. The van der Waals surface area contributed by atoms with E-state index in [2.05, 4.69) is 9.98 Å². The van der Waals surface area contributed by atoms with Crippen molar-refractivity contribution in [3.8, 4) is 0 Å². The molecule has 1 heterocycles. The summed E-state index contributed by atoms with van der Waals surface area (Å²) in [5.41, 5.74) is 0.557. The average molecular weight is 280 g/mol. The second-order valence-electron chi connectivity index (χ2n) is 4.18. The summed E-state index contributed by atoms with van der Waals surface area (Å²) in [6, 6.07) is 5.87. The summed E-state index contributed by atoms with van der Waals surface area (Å²) in [6.45, 7) is 1.65. The minimum Gasteiger partial charge on any atom is -0.360 e. The number of aromatic amines is 1. The van der Waals surface area contributed by atoms with Gasteiger partial charge in [0.05, 0.1) is 23.2 Å². The molecule has 2 rings (SSSR count). The molecule has 0 saturated heterocycles. The summed E-state index contributed by atoms with van der Waals surface area (Å²) in [5.74, 6) is 0. The summed E-state index contributed by atoms with van der Waals surface area (Å²) in [4.78, 5) is 18.3. The highest BCUT2D eigenvalue weighted by molar-refractivity contribution is 5.81. The zero-order valence-electron chi connectivity index (χ0n) is 10.5. The lowest BCUT2D eigenvalue weighted by atomic mass is 10.2. The number of nitrogens with zero attached hydrogens (tertiary/aromatic N) is 1. The number of hydrogen-bond acceptors (Lipinski definition) is 2. The van der Waals surface area contributed by atoms with Crippen LogP contribution in [0.4, 0.5) is 18.9 Å². The van der Waals surface area contributed by atoms with Gasteiger partial charge in [-0.25, -0.2) is 0 Å². The van der Waals surface area contributed by atoms with Gasteiger partial charge in [0, 0.05) is 17.8 Å². The van der Waals surface area contributed by atoms with Crippen LogP contribution in [0, 0.1) is 6.92 Å². The van der Waals surface area contributed by atoms with Crippen molar-refractivity contribution in [3.05, 3.63) is 63.6 Å². The molecule has 0 aliphatic heterocycles. The topological polar surface area (TPSA) is 45.2 Å². The van der Waals surface area contributed by atoms with Gasteiger partial charge < -0.3 is 4.98 Å². The van der Waals surface area contributed by atoms with E-state index in [1.54, 1.807) is 6.92 Å². The minimum atomic E-state index is -4.36. The molecule has 0 radical (unpaired) electrons. The molecule has 1 aromatic heterocycles. The fourth-order valence-corrected chi connectivity index (χ4v) is 1.58. The Morgan fingerprint density at radius 1 is 1.15 bits per heavy atom. The summed E-state index contributed by atoms with van der Waals surface area (Å²) in [6.07, 6.45) is -1.45. The van der Waals surface area contributed by atoms with Gasteiger partial charge in [-0.1, -0.05) is 0 Å². The lowest BCUT2D eigenvalue weighted by molar-refractivity contribution is -0.137. The fraction of sp³-hybridized carbons (Fsp3) is 0.143. The van der Waals surface area contributed by atoms with E-state index in [9.17, 15) is 18.0 Å². The van der Waals surface area contributed by atoms with E-state index in [1.165, 1.54) is 30.6 Å². The zero-order valence-corrected chi connectivity index (χ0v) is 10.5. The molecule has 104 valence electrons. The molecule has 0 spiro atoms. The third kappa shape index (κ3) is 3.14. The van der Waals surface area contributed by atoms with Gasteiger partial charge in [-0.15, -0.1) is 0 Å². The van der Waals surface area contributed by atoms with Crippen LogP contribution in [0.2, 0.25) is 0 Å². The first-order valence-corrected chi connectivity index (χ1v) is 5.77. The molecule has 0 aliphatic carbocycles. The molecule has 20 heavy (non-hydrogen) atoms. The van der Waals surface area contributed by atoms with Gasteiger partial charge in [-0.2, -0.15) is 13.2 Å². The lowest BCUT2D eigenvalue weighted by Crippen LogP contribution is -2.08. The first-order chi connectivity index (χ1) is 9.38. The SMILES string of the molecule is Cc1c(C=Nc2ccc(C(F)(F)F)cc2)[nH]ccc1=O.